The Morgan fingerprint density at radius 3 is 2.61 bits per heavy atom. The van der Waals surface area contributed by atoms with Gasteiger partial charge in [0.1, 0.15) is 12.4 Å². The molecule has 2 aromatic carbocycles. The number of rotatable bonds is 9. The lowest BCUT2D eigenvalue weighted by Gasteiger charge is -2.20. The Morgan fingerprint density at radius 2 is 1.90 bits per heavy atom. The zero-order valence-electron chi connectivity index (χ0n) is 19.0. The van der Waals surface area contributed by atoms with E-state index < -0.39 is 0 Å². The number of guanidine groups is 1. The predicted molar refractivity (Wildman–Crippen MR) is 127 cm³/mol. The molecule has 2 aromatic rings. The van der Waals surface area contributed by atoms with Gasteiger partial charge in [-0.05, 0) is 51.5 Å². The van der Waals surface area contributed by atoms with Gasteiger partial charge >= 0.3 is 0 Å². The van der Waals surface area contributed by atoms with Crippen LogP contribution in [0.15, 0.2) is 66.2 Å². The van der Waals surface area contributed by atoms with Crippen LogP contribution in [0.25, 0.3) is 0 Å². The highest BCUT2D eigenvalue weighted by atomic mass is 16.5. The molecule has 0 heterocycles. The fourth-order valence-corrected chi connectivity index (χ4v) is 2.85. The molecule has 0 radical (unpaired) electrons. The van der Waals surface area contributed by atoms with E-state index in [9.17, 15) is 4.79 Å². The van der Waals surface area contributed by atoms with Crippen molar-refractivity contribution in [2.24, 2.45) is 4.99 Å². The van der Waals surface area contributed by atoms with E-state index in [2.05, 4.69) is 27.5 Å². The Balaban J connectivity index is 2.06. The average molecular weight is 423 g/mol. The van der Waals surface area contributed by atoms with Crippen LogP contribution in [0.4, 0.5) is 0 Å². The lowest BCUT2D eigenvalue weighted by molar-refractivity contribution is 0.0919. The quantitative estimate of drug-likeness (QED) is 0.324. The van der Waals surface area contributed by atoms with Crippen LogP contribution in [0.2, 0.25) is 0 Å². The number of hydrogen-bond acceptors (Lipinski definition) is 3. The first-order valence-corrected chi connectivity index (χ1v) is 10.6. The Labute approximate surface area is 185 Å². The van der Waals surface area contributed by atoms with Crippen molar-refractivity contribution < 1.29 is 9.53 Å². The van der Waals surface area contributed by atoms with Crippen molar-refractivity contribution >= 4 is 11.9 Å². The molecule has 6 nitrogen and oxygen atoms in total. The monoisotopic (exact) mass is 422 g/mol. The fraction of sp³-hybridized carbons (Fsp3) is 0.360. The number of amides is 1. The predicted octanol–water partition coefficient (Wildman–Crippen LogP) is 4.04. The van der Waals surface area contributed by atoms with Crippen LogP contribution in [0.5, 0.6) is 5.75 Å². The zero-order chi connectivity index (χ0) is 22.7. The lowest BCUT2D eigenvalue weighted by Crippen LogP contribution is -2.40. The molecule has 166 valence electrons. The molecule has 3 N–H and O–H groups in total. The maximum Gasteiger partial charge on any atom is 0.251 e. The molecular weight excluding hydrogens is 388 g/mol. The summed E-state index contributed by atoms with van der Waals surface area (Å²) in [5.41, 5.74) is 2.36. The van der Waals surface area contributed by atoms with Gasteiger partial charge in [0.2, 0.25) is 0 Å². The number of aliphatic imine (C=N–C) groups is 1. The van der Waals surface area contributed by atoms with Gasteiger partial charge in [0, 0.05) is 29.8 Å². The summed E-state index contributed by atoms with van der Waals surface area (Å²) in [6.45, 7) is 13.9. The van der Waals surface area contributed by atoms with Gasteiger partial charge in [0.25, 0.3) is 5.91 Å². The van der Waals surface area contributed by atoms with E-state index in [4.69, 9.17) is 4.74 Å². The number of para-hydroxylation sites is 1. The fourth-order valence-electron chi connectivity index (χ4n) is 2.85. The Kier molecular flexibility index (Phi) is 9.13. The van der Waals surface area contributed by atoms with E-state index >= 15 is 0 Å². The first-order valence-electron chi connectivity index (χ1n) is 10.6. The highest BCUT2D eigenvalue weighted by Gasteiger charge is 2.15. The molecule has 1 amide bonds. The minimum Gasteiger partial charge on any atom is -0.489 e. The Bertz CT molecular complexity index is 900. The molecule has 6 heteroatoms. The van der Waals surface area contributed by atoms with E-state index in [0.29, 0.717) is 31.2 Å². The number of ether oxygens (including phenoxy) is 1. The summed E-state index contributed by atoms with van der Waals surface area (Å²) >= 11 is 0. The van der Waals surface area contributed by atoms with Crippen LogP contribution in [0.3, 0.4) is 0 Å². The molecule has 0 atom stereocenters. The third kappa shape index (κ3) is 8.54. The van der Waals surface area contributed by atoms with Crippen molar-refractivity contribution in [2.75, 3.05) is 13.2 Å². The van der Waals surface area contributed by atoms with Gasteiger partial charge in [-0.15, -0.1) is 0 Å². The topological polar surface area (TPSA) is 74.8 Å². The molecule has 0 fully saturated rings. The van der Waals surface area contributed by atoms with E-state index in [1.54, 1.807) is 6.08 Å². The Hall–Kier alpha value is -3.28. The SMILES string of the molecule is C=CCOc1ccccc1CNC(=NCc1cccc(C(=O)NC(C)(C)C)c1)NCC. The third-order valence-corrected chi connectivity index (χ3v) is 4.22. The Morgan fingerprint density at radius 1 is 1.13 bits per heavy atom. The van der Waals surface area contributed by atoms with Gasteiger partial charge < -0.3 is 20.7 Å². The standard InChI is InChI=1S/C25H34N4O2/c1-6-15-31-22-14-9-8-12-21(22)18-28-24(26-7-2)27-17-19-11-10-13-20(16-19)23(30)29-25(3,4)5/h6,8-14,16H,1,7,15,17-18H2,2-5H3,(H,29,30)(H2,26,27,28). The van der Waals surface area contributed by atoms with Crippen LogP contribution >= 0.6 is 0 Å². The summed E-state index contributed by atoms with van der Waals surface area (Å²) < 4.78 is 5.72. The summed E-state index contributed by atoms with van der Waals surface area (Å²) in [6.07, 6.45) is 1.73. The first kappa shape index (κ1) is 24.0. The van der Waals surface area contributed by atoms with Crippen LogP contribution in [-0.2, 0) is 13.1 Å². The molecule has 0 aliphatic rings. The third-order valence-electron chi connectivity index (χ3n) is 4.22. The minimum atomic E-state index is -0.279. The number of carbonyl (C=O) groups is 1. The molecule has 0 saturated heterocycles. The van der Waals surface area contributed by atoms with Gasteiger partial charge in [0.15, 0.2) is 5.96 Å². The highest BCUT2D eigenvalue weighted by Crippen LogP contribution is 2.17. The van der Waals surface area contributed by atoms with Crippen molar-refractivity contribution in [1.82, 2.24) is 16.0 Å². The van der Waals surface area contributed by atoms with Gasteiger partial charge in [-0.3, -0.25) is 4.79 Å². The highest BCUT2D eigenvalue weighted by molar-refractivity contribution is 5.94. The minimum absolute atomic E-state index is 0.0838. The summed E-state index contributed by atoms with van der Waals surface area (Å²) in [7, 11) is 0. The molecule has 0 bridgehead atoms. The van der Waals surface area contributed by atoms with Crippen LogP contribution in [0.1, 0.15) is 49.2 Å². The molecule has 0 unspecified atom stereocenters. The number of carbonyl (C=O) groups excluding carboxylic acids is 1. The summed E-state index contributed by atoms with van der Waals surface area (Å²) in [5.74, 6) is 1.44. The van der Waals surface area contributed by atoms with Crippen molar-refractivity contribution in [3.63, 3.8) is 0 Å². The van der Waals surface area contributed by atoms with E-state index in [1.807, 2.05) is 76.2 Å². The van der Waals surface area contributed by atoms with Crippen molar-refractivity contribution in [2.45, 2.75) is 46.3 Å². The zero-order valence-corrected chi connectivity index (χ0v) is 19.0. The van der Waals surface area contributed by atoms with Gasteiger partial charge in [0.05, 0.1) is 6.54 Å². The van der Waals surface area contributed by atoms with Gasteiger partial charge in [-0.1, -0.05) is 43.0 Å². The van der Waals surface area contributed by atoms with Crippen LogP contribution in [0, 0.1) is 0 Å². The molecule has 0 aromatic heterocycles. The number of hydrogen-bond donors (Lipinski definition) is 3. The second-order valence-electron chi connectivity index (χ2n) is 8.16. The van der Waals surface area contributed by atoms with E-state index in [0.717, 1.165) is 23.4 Å². The van der Waals surface area contributed by atoms with Crippen molar-refractivity contribution in [3.8, 4) is 5.75 Å². The van der Waals surface area contributed by atoms with Gasteiger partial charge in [-0.25, -0.2) is 4.99 Å². The maximum atomic E-state index is 12.4. The normalized spacial score (nSPS) is 11.5. The molecule has 0 saturated carbocycles. The number of nitrogens with one attached hydrogen (secondary N) is 3. The van der Waals surface area contributed by atoms with Crippen molar-refractivity contribution in [3.05, 3.63) is 77.9 Å². The molecule has 0 aliphatic carbocycles. The van der Waals surface area contributed by atoms with Crippen LogP contribution < -0.4 is 20.7 Å². The largest absolute Gasteiger partial charge is 0.489 e. The number of nitrogens with zero attached hydrogens (tertiary/aromatic N) is 1. The molecule has 0 spiro atoms. The molecule has 2 rings (SSSR count). The lowest BCUT2D eigenvalue weighted by atomic mass is 10.1. The second-order valence-corrected chi connectivity index (χ2v) is 8.16. The summed E-state index contributed by atoms with van der Waals surface area (Å²) in [4.78, 5) is 17.1. The molecular formula is C25H34N4O2. The van der Waals surface area contributed by atoms with E-state index in [1.165, 1.54) is 0 Å². The summed E-state index contributed by atoms with van der Waals surface area (Å²) in [5, 5.41) is 9.59. The molecule has 0 aliphatic heterocycles. The van der Waals surface area contributed by atoms with E-state index in [-0.39, 0.29) is 11.4 Å². The molecule has 31 heavy (non-hydrogen) atoms. The average Bonchev–Trinajstić information content (AvgIpc) is 2.74. The second kappa shape index (κ2) is 11.8. The van der Waals surface area contributed by atoms with Gasteiger partial charge in [-0.2, -0.15) is 0 Å². The summed E-state index contributed by atoms with van der Waals surface area (Å²) in [6, 6.07) is 15.4. The number of benzene rings is 2. The van der Waals surface area contributed by atoms with Crippen LogP contribution in [-0.4, -0.2) is 30.6 Å². The maximum absolute atomic E-state index is 12.4. The smallest absolute Gasteiger partial charge is 0.251 e. The van der Waals surface area contributed by atoms with Crippen molar-refractivity contribution in [1.29, 1.82) is 0 Å². The first-order chi connectivity index (χ1) is 14.8.